The van der Waals surface area contributed by atoms with Crippen LogP contribution in [0.5, 0.6) is 0 Å². The summed E-state index contributed by atoms with van der Waals surface area (Å²) in [5.41, 5.74) is 0.569. The molecule has 0 aromatic carbocycles. The quantitative estimate of drug-likeness (QED) is 0.682. The van der Waals surface area contributed by atoms with Gasteiger partial charge in [-0.25, -0.2) is 0 Å². The van der Waals surface area contributed by atoms with E-state index in [9.17, 15) is 0 Å². The van der Waals surface area contributed by atoms with Gasteiger partial charge in [0, 0.05) is 0 Å². The van der Waals surface area contributed by atoms with Crippen molar-refractivity contribution in [2.75, 3.05) is 13.6 Å². The Morgan fingerprint density at radius 3 is 2.33 bits per heavy atom. The third-order valence-corrected chi connectivity index (χ3v) is 3.48. The average Bonchev–Trinajstić information content (AvgIpc) is 2.53. The van der Waals surface area contributed by atoms with Crippen LogP contribution in [0.15, 0.2) is 0 Å². The molecule has 12 heavy (non-hydrogen) atoms. The summed E-state index contributed by atoms with van der Waals surface area (Å²) in [7, 11) is 2.05. The zero-order chi connectivity index (χ0) is 9.03. The maximum atomic E-state index is 3.25. The van der Waals surface area contributed by atoms with Crippen LogP contribution < -0.4 is 5.32 Å². The molecule has 0 amide bonds. The molecule has 0 unspecified atom stereocenters. The SMILES string of the molecule is CNCCC(C)(C)C1CCCC1. The molecule has 0 heterocycles. The zero-order valence-electron chi connectivity index (χ0n) is 8.82. The number of hydrogen-bond acceptors (Lipinski definition) is 1. The predicted molar refractivity (Wildman–Crippen MR) is 54.3 cm³/mol. The van der Waals surface area contributed by atoms with Gasteiger partial charge in [-0.1, -0.05) is 26.7 Å². The largest absolute Gasteiger partial charge is 0.320 e. The van der Waals surface area contributed by atoms with Crippen molar-refractivity contribution in [1.82, 2.24) is 5.32 Å². The third kappa shape index (κ3) is 2.48. The fraction of sp³-hybridized carbons (Fsp3) is 1.00. The molecular formula is C11H23N. The summed E-state index contributed by atoms with van der Waals surface area (Å²) in [5, 5.41) is 3.25. The molecule has 1 fully saturated rings. The molecule has 72 valence electrons. The van der Waals surface area contributed by atoms with E-state index >= 15 is 0 Å². The summed E-state index contributed by atoms with van der Waals surface area (Å²) in [6, 6.07) is 0. The lowest BCUT2D eigenvalue weighted by molar-refractivity contribution is 0.199. The van der Waals surface area contributed by atoms with Gasteiger partial charge >= 0.3 is 0 Å². The molecule has 0 aromatic rings. The molecule has 1 rings (SSSR count). The van der Waals surface area contributed by atoms with E-state index in [0.717, 1.165) is 5.92 Å². The van der Waals surface area contributed by atoms with Crippen LogP contribution in [0.3, 0.4) is 0 Å². The smallest absolute Gasteiger partial charge is 0.00467 e. The molecular weight excluding hydrogens is 146 g/mol. The van der Waals surface area contributed by atoms with E-state index in [0.29, 0.717) is 5.41 Å². The molecule has 1 saturated carbocycles. The summed E-state index contributed by atoms with van der Waals surface area (Å²) in [6.07, 6.45) is 7.20. The first-order valence-corrected chi connectivity index (χ1v) is 5.31. The van der Waals surface area contributed by atoms with Crippen molar-refractivity contribution in [3.8, 4) is 0 Å². The Morgan fingerprint density at radius 1 is 1.25 bits per heavy atom. The molecule has 1 heteroatoms. The predicted octanol–water partition coefficient (Wildman–Crippen LogP) is 2.81. The Hall–Kier alpha value is -0.0400. The van der Waals surface area contributed by atoms with E-state index < -0.39 is 0 Å². The monoisotopic (exact) mass is 169 g/mol. The summed E-state index contributed by atoms with van der Waals surface area (Å²) in [5.74, 6) is 0.992. The van der Waals surface area contributed by atoms with Crippen LogP contribution in [0.2, 0.25) is 0 Å². The summed E-state index contributed by atoms with van der Waals surface area (Å²) in [4.78, 5) is 0. The van der Waals surface area contributed by atoms with Crippen LogP contribution >= 0.6 is 0 Å². The van der Waals surface area contributed by atoms with Gasteiger partial charge in [0.15, 0.2) is 0 Å². The fourth-order valence-electron chi connectivity index (χ4n) is 2.36. The van der Waals surface area contributed by atoms with Crippen LogP contribution in [-0.4, -0.2) is 13.6 Å². The highest BCUT2D eigenvalue weighted by atomic mass is 14.8. The Kier molecular flexibility index (Phi) is 3.57. The third-order valence-electron chi connectivity index (χ3n) is 3.48. The van der Waals surface area contributed by atoms with E-state index in [1.807, 2.05) is 7.05 Å². The topological polar surface area (TPSA) is 12.0 Å². The van der Waals surface area contributed by atoms with Crippen molar-refractivity contribution in [3.63, 3.8) is 0 Å². The summed E-state index contributed by atoms with van der Waals surface area (Å²) in [6.45, 7) is 6.03. The second-order valence-corrected chi connectivity index (χ2v) is 4.82. The van der Waals surface area contributed by atoms with Crippen molar-refractivity contribution in [3.05, 3.63) is 0 Å². The molecule has 0 aromatic heterocycles. The zero-order valence-corrected chi connectivity index (χ0v) is 8.82. The van der Waals surface area contributed by atoms with Gasteiger partial charge in [-0.3, -0.25) is 0 Å². The molecule has 0 bridgehead atoms. The van der Waals surface area contributed by atoms with Crippen LogP contribution in [0.1, 0.15) is 46.0 Å². The molecule has 0 aliphatic heterocycles. The highest BCUT2D eigenvalue weighted by Gasteiger charge is 2.30. The lowest BCUT2D eigenvalue weighted by Gasteiger charge is -2.31. The molecule has 0 atom stereocenters. The van der Waals surface area contributed by atoms with E-state index in [2.05, 4.69) is 19.2 Å². The minimum Gasteiger partial charge on any atom is -0.320 e. The Morgan fingerprint density at radius 2 is 1.83 bits per heavy atom. The Balaban J connectivity index is 2.34. The first-order chi connectivity index (χ1) is 5.67. The maximum absolute atomic E-state index is 3.25. The molecule has 0 saturated heterocycles. The number of rotatable bonds is 4. The van der Waals surface area contributed by atoms with Crippen molar-refractivity contribution >= 4 is 0 Å². The van der Waals surface area contributed by atoms with Crippen LogP contribution in [0.25, 0.3) is 0 Å². The van der Waals surface area contributed by atoms with E-state index in [1.54, 1.807) is 0 Å². The highest BCUT2D eigenvalue weighted by molar-refractivity contribution is 4.82. The Bertz CT molecular complexity index is 123. The van der Waals surface area contributed by atoms with Gasteiger partial charge in [0.25, 0.3) is 0 Å². The minimum atomic E-state index is 0.569. The van der Waals surface area contributed by atoms with Crippen molar-refractivity contribution in [2.45, 2.75) is 46.0 Å². The normalized spacial score (nSPS) is 20.2. The molecule has 0 spiro atoms. The summed E-state index contributed by atoms with van der Waals surface area (Å²) < 4.78 is 0. The second kappa shape index (κ2) is 4.27. The molecule has 1 aliphatic carbocycles. The van der Waals surface area contributed by atoms with E-state index in [4.69, 9.17) is 0 Å². The lowest BCUT2D eigenvalue weighted by atomic mass is 9.75. The van der Waals surface area contributed by atoms with Gasteiger partial charge in [-0.05, 0) is 44.2 Å². The van der Waals surface area contributed by atoms with Gasteiger partial charge < -0.3 is 5.32 Å². The van der Waals surface area contributed by atoms with Gasteiger partial charge in [0.1, 0.15) is 0 Å². The van der Waals surface area contributed by atoms with Gasteiger partial charge in [0.05, 0.1) is 0 Å². The minimum absolute atomic E-state index is 0.569. The number of nitrogens with one attached hydrogen (secondary N) is 1. The Labute approximate surface area is 76.9 Å². The lowest BCUT2D eigenvalue weighted by Crippen LogP contribution is -2.26. The standard InChI is InChI=1S/C11H23N/c1-11(2,8-9-12-3)10-6-4-5-7-10/h10,12H,4-9H2,1-3H3. The first kappa shape index (κ1) is 10.0. The van der Waals surface area contributed by atoms with Gasteiger partial charge in [0.2, 0.25) is 0 Å². The van der Waals surface area contributed by atoms with Crippen molar-refractivity contribution in [1.29, 1.82) is 0 Å². The van der Waals surface area contributed by atoms with Gasteiger partial charge in [-0.15, -0.1) is 0 Å². The highest BCUT2D eigenvalue weighted by Crippen LogP contribution is 2.41. The molecule has 1 N–H and O–H groups in total. The van der Waals surface area contributed by atoms with Crippen molar-refractivity contribution < 1.29 is 0 Å². The van der Waals surface area contributed by atoms with Crippen LogP contribution in [0, 0.1) is 11.3 Å². The van der Waals surface area contributed by atoms with Crippen molar-refractivity contribution in [2.24, 2.45) is 11.3 Å². The average molecular weight is 169 g/mol. The van der Waals surface area contributed by atoms with Crippen LogP contribution in [-0.2, 0) is 0 Å². The summed E-state index contributed by atoms with van der Waals surface area (Å²) >= 11 is 0. The fourth-order valence-corrected chi connectivity index (χ4v) is 2.36. The molecule has 1 aliphatic rings. The van der Waals surface area contributed by atoms with E-state index in [-0.39, 0.29) is 0 Å². The second-order valence-electron chi connectivity index (χ2n) is 4.82. The van der Waals surface area contributed by atoms with E-state index in [1.165, 1.54) is 38.6 Å². The first-order valence-electron chi connectivity index (χ1n) is 5.31. The van der Waals surface area contributed by atoms with Gasteiger partial charge in [-0.2, -0.15) is 0 Å². The number of hydrogen-bond donors (Lipinski definition) is 1. The maximum Gasteiger partial charge on any atom is -0.00467 e. The molecule has 1 nitrogen and oxygen atoms in total. The molecule has 0 radical (unpaired) electrons. The van der Waals surface area contributed by atoms with Crippen LogP contribution in [0.4, 0.5) is 0 Å².